The summed E-state index contributed by atoms with van der Waals surface area (Å²) >= 11 is 0. The lowest BCUT2D eigenvalue weighted by Crippen LogP contribution is -2.54. The van der Waals surface area contributed by atoms with Crippen molar-refractivity contribution in [3.05, 3.63) is 47.1 Å². The molecule has 1 aliphatic carbocycles. The summed E-state index contributed by atoms with van der Waals surface area (Å²) in [6, 6.07) is 3.61. The number of halogens is 2. The van der Waals surface area contributed by atoms with Gasteiger partial charge in [-0.25, -0.2) is 8.78 Å². The van der Waals surface area contributed by atoms with Crippen LogP contribution >= 0.6 is 0 Å². The molecule has 2 amide bonds. The third-order valence-electron chi connectivity index (χ3n) is 6.71. The number of carbonyl (C=O) groups excluding carboxylic acids is 2. The first-order valence-electron chi connectivity index (χ1n) is 10.2. The van der Waals surface area contributed by atoms with Crippen molar-refractivity contribution in [1.82, 2.24) is 19.9 Å². The molecular formula is C21H22F2N4O3. The van der Waals surface area contributed by atoms with Crippen LogP contribution in [-0.2, 0) is 0 Å². The maximum absolute atomic E-state index is 13.8. The zero-order chi connectivity index (χ0) is 21.0. The Kier molecular flexibility index (Phi) is 4.37. The number of nitrogens with zero attached hydrogens (tertiary/aromatic N) is 4. The lowest BCUT2D eigenvalue weighted by Gasteiger charge is -2.45. The summed E-state index contributed by atoms with van der Waals surface area (Å²) in [4.78, 5) is 34.1. The molecule has 2 aliphatic heterocycles. The fourth-order valence-electron chi connectivity index (χ4n) is 5.21. The highest BCUT2D eigenvalue weighted by molar-refractivity contribution is 5.99. The molecule has 158 valence electrons. The fourth-order valence-corrected chi connectivity index (χ4v) is 5.21. The van der Waals surface area contributed by atoms with Gasteiger partial charge in [0.15, 0.2) is 0 Å². The normalized spacial score (nSPS) is 25.9. The van der Waals surface area contributed by atoms with Crippen LogP contribution in [-0.4, -0.2) is 56.9 Å². The first kappa shape index (κ1) is 19.1. The highest BCUT2D eigenvalue weighted by Crippen LogP contribution is 2.48. The van der Waals surface area contributed by atoms with Gasteiger partial charge < -0.3 is 14.3 Å². The molecule has 30 heavy (non-hydrogen) atoms. The first-order valence-corrected chi connectivity index (χ1v) is 10.2. The maximum Gasteiger partial charge on any atom is 0.274 e. The second-order valence-electron chi connectivity index (χ2n) is 8.38. The predicted molar refractivity (Wildman–Crippen MR) is 101 cm³/mol. The Morgan fingerprint density at radius 2 is 2.03 bits per heavy atom. The Bertz CT molecular complexity index is 998. The van der Waals surface area contributed by atoms with Gasteiger partial charge in [-0.2, -0.15) is 0 Å². The number of rotatable bonds is 2. The minimum Gasteiger partial charge on any atom is -0.364 e. The van der Waals surface area contributed by atoms with E-state index in [-0.39, 0.29) is 36.5 Å². The Balaban J connectivity index is 1.56. The summed E-state index contributed by atoms with van der Waals surface area (Å²) < 4.78 is 32.6. The summed E-state index contributed by atoms with van der Waals surface area (Å²) in [7, 11) is 0. The number of aromatic nitrogens is 2. The van der Waals surface area contributed by atoms with Crippen molar-refractivity contribution in [3.63, 3.8) is 0 Å². The number of hydrogen-bond donors (Lipinski definition) is 0. The molecule has 3 aliphatic rings. The van der Waals surface area contributed by atoms with Gasteiger partial charge in [0.1, 0.15) is 23.7 Å². The molecule has 9 heteroatoms. The van der Waals surface area contributed by atoms with Gasteiger partial charge in [0.05, 0.1) is 5.69 Å². The standard InChI is InChI=1S/C21H22F2N4O3/c1-12-15(11-30-25-12)19(28)26-9-10-27-18(26)16(13-4-6-21(22,23)7-5-13)14-3-2-8-24-17(14)20(27)29/h2-3,8,11,13,16,18H,4-7,9-10H2,1H3. The number of aryl methyl sites for hydroxylation is 1. The summed E-state index contributed by atoms with van der Waals surface area (Å²) in [5, 5.41) is 3.79. The van der Waals surface area contributed by atoms with Crippen LogP contribution in [0.4, 0.5) is 8.78 Å². The number of amides is 2. The lowest BCUT2D eigenvalue weighted by molar-refractivity contribution is -0.0547. The van der Waals surface area contributed by atoms with E-state index in [0.29, 0.717) is 42.9 Å². The smallest absolute Gasteiger partial charge is 0.274 e. The van der Waals surface area contributed by atoms with Crippen LogP contribution in [0, 0.1) is 12.8 Å². The van der Waals surface area contributed by atoms with E-state index in [2.05, 4.69) is 10.1 Å². The highest BCUT2D eigenvalue weighted by atomic mass is 19.3. The van der Waals surface area contributed by atoms with Gasteiger partial charge in [-0.05, 0) is 37.3 Å². The van der Waals surface area contributed by atoms with E-state index in [1.165, 1.54) is 6.26 Å². The average Bonchev–Trinajstić information content (AvgIpc) is 3.35. The quantitative estimate of drug-likeness (QED) is 0.751. The molecular weight excluding hydrogens is 394 g/mol. The number of alkyl halides is 2. The Morgan fingerprint density at radius 3 is 2.73 bits per heavy atom. The maximum atomic E-state index is 13.8. The summed E-state index contributed by atoms with van der Waals surface area (Å²) in [6.07, 6.45) is 2.70. The van der Waals surface area contributed by atoms with Crippen LogP contribution in [0.5, 0.6) is 0 Å². The fraction of sp³-hybridized carbons (Fsp3) is 0.524. The topological polar surface area (TPSA) is 79.5 Å². The molecule has 0 radical (unpaired) electrons. The number of fused-ring (bicyclic) bond motifs is 2. The van der Waals surface area contributed by atoms with E-state index < -0.39 is 12.1 Å². The summed E-state index contributed by atoms with van der Waals surface area (Å²) in [5.74, 6) is -3.44. The Hall–Kier alpha value is -2.84. The van der Waals surface area contributed by atoms with Gasteiger partial charge in [0.25, 0.3) is 11.8 Å². The lowest BCUT2D eigenvalue weighted by atomic mass is 9.72. The number of pyridine rings is 1. The van der Waals surface area contributed by atoms with Gasteiger partial charge in [-0.3, -0.25) is 14.6 Å². The molecule has 2 fully saturated rings. The molecule has 2 atom stereocenters. The van der Waals surface area contributed by atoms with Crippen molar-refractivity contribution in [2.75, 3.05) is 13.1 Å². The van der Waals surface area contributed by atoms with E-state index in [0.717, 1.165) is 5.56 Å². The van der Waals surface area contributed by atoms with Gasteiger partial charge in [-0.1, -0.05) is 11.2 Å². The van der Waals surface area contributed by atoms with Gasteiger partial charge in [-0.15, -0.1) is 0 Å². The van der Waals surface area contributed by atoms with E-state index in [4.69, 9.17) is 4.52 Å². The zero-order valence-electron chi connectivity index (χ0n) is 16.6. The molecule has 2 unspecified atom stereocenters. The van der Waals surface area contributed by atoms with Gasteiger partial charge in [0, 0.05) is 38.0 Å². The Morgan fingerprint density at radius 1 is 1.27 bits per heavy atom. The molecule has 7 nitrogen and oxygen atoms in total. The third kappa shape index (κ3) is 2.90. The van der Waals surface area contributed by atoms with Crippen molar-refractivity contribution in [1.29, 1.82) is 0 Å². The summed E-state index contributed by atoms with van der Waals surface area (Å²) in [5.41, 5.74) is 1.96. The monoisotopic (exact) mass is 416 g/mol. The van der Waals surface area contributed by atoms with Crippen molar-refractivity contribution in [3.8, 4) is 0 Å². The van der Waals surface area contributed by atoms with E-state index >= 15 is 0 Å². The number of hydrogen-bond acceptors (Lipinski definition) is 5. The highest BCUT2D eigenvalue weighted by Gasteiger charge is 2.52. The van der Waals surface area contributed by atoms with Crippen molar-refractivity contribution >= 4 is 11.8 Å². The van der Waals surface area contributed by atoms with Crippen LogP contribution in [0.3, 0.4) is 0 Å². The van der Waals surface area contributed by atoms with Crippen LogP contribution in [0.15, 0.2) is 29.1 Å². The minimum atomic E-state index is -2.65. The zero-order valence-corrected chi connectivity index (χ0v) is 16.6. The Labute approximate surface area is 172 Å². The van der Waals surface area contributed by atoms with Crippen molar-refractivity contribution in [2.24, 2.45) is 5.92 Å². The first-order chi connectivity index (χ1) is 14.4. The van der Waals surface area contributed by atoms with Crippen LogP contribution < -0.4 is 0 Å². The largest absolute Gasteiger partial charge is 0.364 e. The molecule has 4 heterocycles. The van der Waals surface area contributed by atoms with Crippen LogP contribution in [0.1, 0.15) is 63.7 Å². The average molecular weight is 416 g/mol. The van der Waals surface area contributed by atoms with E-state index in [1.54, 1.807) is 29.0 Å². The predicted octanol–water partition coefficient (Wildman–Crippen LogP) is 3.23. The molecule has 0 N–H and O–H groups in total. The van der Waals surface area contributed by atoms with Crippen LogP contribution in [0.2, 0.25) is 0 Å². The van der Waals surface area contributed by atoms with Crippen molar-refractivity contribution in [2.45, 2.75) is 50.6 Å². The third-order valence-corrected chi connectivity index (χ3v) is 6.71. The van der Waals surface area contributed by atoms with Crippen LogP contribution in [0.25, 0.3) is 0 Å². The SMILES string of the molecule is Cc1nocc1C(=O)N1CCN2C(=O)c3ncccc3C(C3CCC(F)(F)CC3)C12. The van der Waals surface area contributed by atoms with Gasteiger partial charge in [0.2, 0.25) is 5.92 Å². The number of carbonyl (C=O) groups is 2. The molecule has 0 spiro atoms. The van der Waals surface area contributed by atoms with E-state index in [9.17, 15) is 18.4 Å². The molecule has 0 bridgehead atoms. The second-order valence-corrected chi connectivity index (χ2v) is 8.38. The second kappa shape index (κ2) is 6.85. The van der Waals surface area contributed by atoms with Gasteiger partial charge >= 0.3 is 0 Å². The molecule has 1 saturated heterocycles. The molecule has 0 aromatic carbocycles. The summed E-state index contributed by atoms with van der Waals surface area (Å²) in [6.45, 7) is 2.44. The molecule has 5 rings (SSSR count). The minimum absolute atomic E-state index is 0.0647. The molecule has 1 saturated carbocycles. The van der Waals surface area contributed by atoms with Crippen molar-refractivity contribution < 1.29 is 22.9 Å². The van der Waals surface area contributed by atoms with E-state index in [1.807, 2.05) is 6.07 Å². The molecule has 2 aromatic rings. The molecule has 2 aromatic heterocycles.